The number of aryl methyl sites for hydroxylation is 2. The lowest BCUT2D eigenvalue weighted by Gasteiger charge is -2.23. The Morgan fingerprint density at radius 1 is 1.22 bits per heavy atom. The van der Waals surface area contributed by atoms with E-state index in [0.717, 1.165) is 11.3 Å². The number of amides is 1. The van der Waals surface area contributed by atoms with Crippen LogP contribution in [0.4, 0.5) is 5.13 Å². The Kier molecular flexibility index (Phi) is 7.47. The number of halogens is 1. The molecule has 37 heavy (non-hydrogen) atoms. The van der Waals surface area contributed by atoms with Gasteiger partial charge in [0.1, 0.15) is 23.0 Å². The van der Waals surface area contributed by atoms with Crippen LogP contribution in [0.25, 0.3) is 5.76 Å². The molecule has 0 bridgehead atoms. The van der Waals surface area contributed by atoms with Crippen molar-refractivity contribution in [2.24, 2.45) is 0 Å². The van der Waals surface area contributed by atoms with Crippen LogP contribution in [0.2, 0.25) is 5.02 Å². The van der Waals surface area contributed by atoms with Gasteiger partial charge in [-0.3, -0.25) is 14.5 Å². The summed E-state index contributed by atoms with van der Waals surface area (Å²) in [6.07, 6.45) is 1.44. The van der Waals surface area contributed by atoms with E-state index in [1.54, 1.807) is 56.3 Å². The number of anilines is 1. The van der Waals surface area contributed by atoms with Crippen LogP contribution in [0, 0.1) is 13.8 Å². The Labute approximate surface area is 222 Å². The van der Waals surface area contributed by atoms with Crippen molar-refractivity contribution in [1.82, 2.24) is 4.98 Å². The zero-order valence-electron chi connectivity index (χ0n) is 20.3. The summed E-state index contributed by atoms with van der Waals surface area (Å²) in [4.78, 5) is 45.0. The molecule has 8 nitrogen and oxygen atoms in total. The lowest BCUT2D eigenvalue weighted by Crippen LogP contribution is -2.29. The van der Waals surface area contributed by atoms with Crippen LogP contribution in [-0.4, -0.2) is 41.5 Å². The van der Waals surface area contributed by atoms with E-state index in [9.17, 15) is 19.5 Å². The first-order valence-electron chi connectivity index (χ1n) is 11.1. The number of benzene rings is 2. The molecular formula is C27H23ClN2O6S. The standard InChI is InChI=1S/C27H23ClN2O6S/c1-5-12-36-26(34)24-15(3)29-27(37-24)30-21(16-6-8-17(28)9-7-16)20(23(32)25(30)33)22(31)19-11-10-18(35-4)13-14(19)2/h5-11,13,21,31H,1,12H2,2-4H3/b22-20+/t21-/m0/s1. The molecule has 1 aromatic heterocycles. The molecule has 0 spiro atoms. The summed E-state index contributed by atoms with van der Waals surface area (Å²) >= 11 is 7.01. The number of methoxy groups -OCH3 is 1. The maximum absolute atomic E-state index is 13.4. The van der Waals surface area contributed by atoms with Crippen LogP contribution in [0.5, 0.6) is 5.75 Å². The van der Waals surface area contributed by atoms with E-state index in [-0.39, 0.29) is 27.9 Å². The van der Waals surface area contributed by atoms with Gasteiger partial charge in [-0.15, -0.1) is 0 Å². The highest BCUT2D eigenvalue weighted by atomic mass is 35.5. The molecule has 0 radical (unpaired) electrons. The molecule has 0 aliphatic carbocycles. The highest BCUT2D eigenvalue weighted by molar-refractivity contribution is 7.17. The molecule has 4 rings (SSSR count). The van der Waals surface area contributed by atoms with Crippen molar-refractivity contribution in [3.05, 3.63) is 93.0 Å². The Morgan fingerprint density at radius 3 is 2.54 bits per heavy atom. The molecule has 1 fully saturated rings. The van der Waals surface area contributed by atoms with Gasteiger partial charge in [0.2, 0.25) is 0 Å². The molecule has 10 heteroatoms. The van der Waals surface area contributed by atoms with E-state index in [0.29, 0.717) is 33.2 Å². The summed E-state index contributed by atoms with van der Waals surface area (Å²) < 4.78 is 10.4. The number of carbonyl (C=O) groups excluding carboxylic acids is 3. The number of ketones is 1. The topological polar surface area (TPSA) is 106 Å². The van der Waals surface area contributed by atoms with E-state index >= 15 is 0 Å². The second-order valence-electron chi connectivity index (χ2n) is 8.20. The molecule has 3 aromatic rings. The van der Waals surface area contributed by atoms with Gasteiger partial charge in [-0.25, -0.2) is 9.78 Å². The predicted octanol–water partition coefficient (Wildman–Crippen LogP) is 5.39. The Bertz CT molecular complexity index is 1440. The fourth-order valence-electron chi connectivity index (χ4n) is 4.04. The summed E-state index contributed by atoms with van der Waals surface area (Å²) in [5.74, 6) is -2.13. The zero-order valence-corrected chi connectivity index (χ0v) is 21.9. The van der Waals surface area contributed by atoms with E-state index < -0.39 is 23.7 Å². The van der Waals surface area contributed by atoms with Crippen molar-refractivity contribution in [2.75, 3.05) is 18.6 Å². The largest absolute Gasteiger partial charge is 0.507 e. The summed E-state index contributed by atoms with van der Waals surface area (Å²) in [5, 5.41) is 11.9. The van der Waals surface area contributed by atoms with Crippen LogP contribution >= 0.6 is 22.9 Å². The first-order valence-corrected chi connectivity index (χ1v) is 12.3. The molecule has 1 atom stereocenters. The lowest BCUT2D eigenvalue weighted by molar-refractivity contribution is -0.132. The highest BCUT2D eigenvalue weighted by Gasteiger charge is 2.48. The van der Waals surface area contributed by atoms with Crippen LogP contribution in [0.3, 0.4) is 0 Å². The van der Waals surface area contributed by atoms with Crippen molar-refractivity contribution in [2.45, 2.75) is 19.9 Å². The van der Waals surface area contributed by atoms with Crippen LogP contribution in [0.1, 0.15) is 38.1 Å². The van der Waals surface area contributed by atoms with Gasteiger partial charge < -0.3 is 14.6 Å². The maximum atomic E-state index is 13.4. The number of hydrogen-bond acceptors (Lipinski definition) is 8. The average molecular weight is 539 g/mol. The molecule has 190 valence electrons. The van der Waals surface area contributed by atoms with Gasteiger partial charge in [0.05, 0.1) is 24.4 Å². The Morgan fingerprint density at radius 2 is 1.92 bits per heavy atom. The summed E-state index contributed by atoms with van der Waals surface area (Å²) in [6.45, 7) is 6.91. The summed E-state index contributed by atoms with van der Waals surface area (Å²) in [5.41, 5.74) is 1.79. The monoisotopic (exact) mass is 538 g/mol. The number of Topliss-reactive ketones (excluding diaryl/α,β-unsaturated/α-hetero) is 1. The average Bonchev–Trinajstić information content (AvgIpc) is 3.39. The van der Waals surface area contributed by atoms with Crippen molar-refractivity contribution in [1.29, 1.82) is 0 Å². The minimum absolute atomic E-state index is 0.0159. The Balaban J connectivity index is 1.89. The second-order valence-corrected chi connectivity index (χ2v) is 9.61. The summed E-state index contributed by atoms with van der Waals surface area (Å²) in [7, 11) is 1.53. The molecule has 0 saturated carbocycles. The molecule has 0 unspecified atom stereocenters. The first kappa shape index (κ1) is 26.1. The summed E-state index contributed by atoms with van der Waals surface area (Å²) in [6, 6.07) is 10.6. The number of esters is 1. The van der Waals surface area contributed by atoms with Gasteiger partial charge in [-0.05, 0) is 55.3 Å². The number of rotatable bonds is 7. The van der Waals surface area contributed by atoms with E-state index in [1.807, 2.05) is 0 Å². The number of aromatic nitrogens is 1. The molecule has 2 heterocycles. The number of nitrogens with zero attached hydrogens (tertiary/aromatic N) is 2. The molecule has 1 aliphatic heterocycles. The van der Waals surface area contributed by atoms with Crippen molar-refractivity contribution in [3.8, 4) is 5.75 Å². The third-order valence-corrected chi connectivity index (χ3v) is 7.22. The molecule has 1 amide bonds. The molecule has 1 N–H and O–H groups in total. The molecular weight excluding hydrogens is 516 g/mol. The maximum Gasteiger partial charge on any atom is 0.350 e. The fourth-order valence-corrected chi connectivity index (χ4v) is 5.15. The number of hydrogen-bond donors (Lipinski definition) is 1. The van der Waals surface area contributed by atoms with Crippen molar-refractivity contribution >= 4 is 51.5 Å². The van der Waals surface area contributed by atoms with E-state index in [2.05, 4.69) is 11.6 Å². The number of aliphatic hydroxyl groups excluding tert-OH is 1. The van der Waals surface area contributed by atoms with Gasteiger partial charge in [0.25, 0.3) is 5.78 Å². The lowest BCUT2D eigenvalue weighted by atomic mass is 9.94. The molecule has 1 saturated heterocycles. The fraction of sp³-hybridized carbons (Fsp3) is 0.185. The predicted molar refractivity (Wildman–Crippen MR) is 141 cm³/mol. The van der Waals surface area contributed by atoms with Crippen LogP contribution in [-0.2, 0) is 14.3 Å². The van der Waals surface area contributed by atoms with Gasteiger partial charge in [-0.2, -0.15) is 0 Å². The van der Waals surface area contributed by atoms with Gasteiger partial charge in [0, 0.05) is 10.6 Å². The van der Waals surface area contributed by atoms with E-state index in [1.165, 1.54) is 18.1 Å². The second kappa shape index (κ2) is 10.6. The van der Waals surface area contributed by atoms with Gasteiger partial charge in [0.15, 0.2) is 5.13 Å². The third-order valence-electron chi connectivity index (χ3n) is 5.83. The SMILES string of the molecule is C=CCOC(=O)c1sc(N2C(=O)C(=O)/C(=C(/O)c3ccc(OC)cc3C)[C@@H]2c2ccc(Cl)cc2)nc1C. The minimum Gasteiger partial charge on any atom is -0.507 e. The number of carbonyl (C=O) groups is 3. The zero-order chi connectivity index (χ0) is 26.9. The highest BCUT2D eigenvalue weighted by Crippen LogP contribution is 2.44. The van der Waals surface area contributed by atoms with Gasteiger partial charge >= 0.3 is 11.9 Å². The number of aliphatic hydroxyl groups is 1. The van der Waals surface area contributed by atoms with Gasteiger partial charge in [-0.1, -0.05) is 47.7 Å². The smallest absolute Gasteiger partial charge is 0.350 e. The van der Waals surface area contributed by atoms with Crippen LogP contribution in [0.15, 0.2) is 60.7 Å². The quantitative estimate of drug-likeness (QED) is 0.141. The van der Waals surface area contributed by atoms with Crippen molar-refractivity contribution in [3.63, 3.8) is 0 Å². The first-order chi connectivity index (χ1) is 17.7. The normalized spacial score (nSPS) is 16.6. The molecule has 1 aliphatic rings. The third kappa shape index (κ3) is 4.87. The Hall–Kier alpha value is -3.95. The van der Waals surface area contributed by atoms with Crippen molar-refractivity contribution < 1.29 is 29.0 Å². The molecule has 2 aromatic carbocycles. The number of ether oxygens (including phenoxy) is 2. The van der Waals surface area contributed by atoms with Crippen LogP contribution < -0.4 is 9.64 Å². The minimum atomic E-state index is -1.01. The number of thiazole rings is 1. The van der Waals surface area contributed by atoms with E-state index in [4.69, 9.17) is 21.1 Å².